The molecule has 36 heavy (non-hydrogen) atoms. The molecule has 0 aliphatic heterocycles. The normalized spacial score (nSPS) is 20.0. The fraction of sp³-hybridized carbons (Fsp3) is 0.259. The molecule has 4 rings (SSSR count). The van der Waals surface area contributed by atoms with E-state index in [1.165, 1.54) is 12.1 Å². The maximum atomic E-state index is 15.0. The number of ether oxygens (including phenoxy) is 1. The summed E-state index contributed by atoms with van der Waals surface area (Å²) < 4.78 is 117. The zero-order chi connectivity index (χ0) is 26.4. The van der Waals surface area contributed by atoms with Crippen LogP contribution in [0.25, 0.3) is 11.1 Å². The van der Waals surface area contributed by atoms with Crippen LogP contribution >= 0.6 is 0 Å². The molecular formula is C27H20F8O. The molecule has 0 radical (unpaired) electrons. The highest BCUT2D eigenvalue weighted by Gasteiger charge is 2.41. The van der Waals surface area contributed by atoms with Crippen LogP contribution in [-0.2, 0) is 11.5 Å². The average Bonchev–Trinajstić information content (AvgIpc) is 2.78. The first kappa shape index (κ1) is 25.7. The van der Waals surface area contributed by atoms with E-state index in [2.05, 4.69) is 11.7 Å². The first-order chi connectivity index (χ1) is 16.8. The molecule has 1 nitrogen and oxygen atoms in total. The summed E-state index contributed by atoms with van der Waals surface area (Å²) in [4.78, 5) is 0. The van der Waals surface area contributed by atoms with Crippen molar-refractivity contribution >= 4 is 0 Å². The second kappa shape index (κ2) is 9.26. The molecule has 0 saturated heterocycles. The number of hydrogen-bond donors (Lipinski definition) is 0. The van der Waals surface area contributed by atoms with Gasteiger partial charge in [-0.3, -0.25) is 0 Å². The first-order valence-electron chi connectivity index (χ1n) is 11.0. The van der Waals surface area contributed by atoms with Crippen LogP contribution in [0.15, 0.2) is 54.6 Å². The van der Waals surface area contributed by atoms with E-state index in [-0.39, 0.29) is 23.3 Å². The molecule has 3 aromatic rings. The molecule has 2 atom stereocenters. The van der Waals surface area contributed by atoms with Gasteiger partial charge in [-0.25, -0.2) is 26.3 Å². The minimum atomic E-state index is -4.73. The Labute approximate surface area is 202 Å². The predicted molar refractivity (Wildman–Crippen MR) is 117 cm³/mol. The summed E-state index contributed by atoms with van der Waals surface area (Å²) in [6.45, 7) is 4.01. The molecule has 0 saturated carbocycles. The maximum absolute atomic E-state index is 15.0. The fourth-order valence-electron chi connectivity index (χ4n) is 4.23. The minimum absolute atomic E-state index is 0.107. The van der Waals surface area contributed by atoms with Gasteiger partial charge in [0.1, 0.15) is 28.8 Å². The Kier molecular flexibility index (Phi) is 6.62. The zero-order valence-electron chi connectivity index (χ0n) is 19.1. The number of hydrogen-bond acceptors (Lipinski definition) is 1. The summed E-state index contributed by atoms with van der Waals surface area (Å²) in [5.74, 6) is -10.7. The molecule has 0 fully saturated rings. The van der Waals surface area contributed by atoms with E-state index in [1.54, 1.807) is 6.07 Å². The molecule has 9 heteroatoms. The molecule has 3 aromatic carbocycles. The van der Waals surface area contributed by atoms with Crippen LogP contribution in [0.1, 0.15) is 37.8 Å². The van der Waals surface area contributed by atoms with Crippen molar-refractivity contribution in [3.05, 3.63) is 101 Å². The van der Waals surface area contributed by atoms with Gasteiger partial charge in [-0.05, 0) is 48.1 Å². The molecule has 0 bridgehead atoms. The smallest absolute Gasteiger partial charge is 0.429 e. The highest BCUT2D eigenvalue weighted by molar-refractivity contribution is 5.66. The number of halogens is 8. The lowest BCUT2D eigenvalue weighted by molar-refractivity contribution is -0.189. The lowest BCUT2D eigenvalue weighted by Gasteiger charge is -2.32. The molecule has 0 spiro atoms. The topological polar surface area (TPSA) is 9.23 Å². The predicted octanol–water partition coefficient (Wildman–Crippen LogP) is 8.56. The van der Waals surface area contributed by atoms with Crippen molar-refractivity contribution < 1.29 is 39.9 Å². The Balaban J connectivity index is 1.66. The van der Waals surface area contributed by atoms with Gasteiger partial charge in [-0.15, -0.1) is 0 Å². The maximum Gasteiger partial charge on any atom is 0.432 e. The molecular weight excluding hydrogens is 492 g/mol. The summed E-state index contributed by atoms with van der Waals surface area (Å²) in [6, 6.07) is 5.39. The van der Waals surface area contributed by atoms with Crippen LogP contribution in [0, 0.1) is 40.8 Å². The van der Waals surface area contributed by atoms with E-state index >= 15 is 0 Å². The zero-order valence-corrected chi connectivity index (χ0v) is 19.1. The van der Waals surface area contributed by atoms with Crippen molar-refractivity contribution in [1.29, 1.82) is 0 Å². The van der Waals surface area contributed by atoms with E-state index in [0.29, 0.717) is 23.6 Å². The summed E-state index contributed by atoms with van der Waals surface area (Å²) in [5.41, 5.74) is -2.19. The van der Waals surface area contributed by atoms with Crippen molar-refractivity contribution in [1.82, 2.24) is 0 Å². The highest BCUT2D eigenvalue weighted by atomic mass is 19.3. The summed E-state index contributed by atoms with van der Waals surface area (Å²) in [5, 5.41) is 0. The third-order valence-corrected chi connectivity index (χ3v) is 6.39. The highest BCUT2D eigenvalue weighted by Crippen LogP contribution is 2.40. The number of alkyl halides is 2. The van der Waals surface area contributed by atoms with Gasteiger partial charge in [-0.1, -0.05) is 38.1 Å². The van der Waals surface area contributed by atoms with Gasteiger partial charge in [0.05, 0.1) is 0 Å². The van der Waals surface area contributed by atoms with Crippen LogP contribution in [0.5, 0.6) is 5.75 Å². The van der Waals surface area contributed by atoms with Gasteiger partial charge >= 0.3 is 6.11 Å². The molecule has 190 valence electrons. The van der Waals surface area contributed by atoms with E-state index in [9.17, 15) is 35.1 Å². The minimum Gasteiger partial charge on any atom is -0.429 e. The molecule has 0 aromatic heterocycles. The van der Waals surface area contributed by atoms with Gasteiger partial charge in [0, 0.05) is 23.1 Å². The second-order valence-corrected chi connectivity index (χ2v) is 9.12. The van der Waals surface area contributed by atoms with E-state index < -0.39 is 57.7 Å². The van der Waals surface area contributed by atoms with Crippen LogP contribution in [0.3, 0.4) is 0 Å². The van der Waals surface area contributed by atoms with Crippen molar-refractivity contribution in [2.75, 3.05) is 0 Å². The first-order valence-corrected chi connectivity index (χ1v) is 11.0. The third kappa shape index (κ3) is 4.83. The number of rotatable bonds is 5. The standard InChI is InChI=1S/C27H20F8O/c1-14-5-7-26(2,8-6-14)16-3-4-18(19(28)11-16)15-9-20(29)24(21(30)10-15)27(34,35)36-17-12-22(31)25(33)23(32)13-17/h3-5,7,9-14H,6,8H2,1-2H3/t14?,26-/m1/s1. The fourth-order valence-corrected chi connectivity index (χ4v) is 4.23. The summed E-state index contributed by atoms with van der Waals surface area (Å²) in [7, 11) is 0. The van der Waals surface area contributed by atoms with Gasteiger partial charge in [0.25, 0.3) is 0 Å². The molecule has 1 unspecified atom stereocenters. The molecule has 0 N–H and O–H groups in total. The SMILES string of the molecule is CC1C=C[C@@](C)(c2ccc(-c3cc(F)c(C(F)(F)Oc4cc(F)c(F)c(F)c4)c(F)c3)c(F)c2)CC1. The van der Waals surface area contributed by atoms with Gasteiger partial charge in [0.2, 0.25) is 0 Å². The Morgan fingerprint density at radius 2 is 1.44 bits per heavy atom. The van der Waals surface area contributed by atoms with Gasteiger partial charge in [0.15, 0.2) is 17.5 Å². The quantitative estimate of drug-likeness (QED) is 0.189. The van der Waals surface area contributed by atoms with Crippen LogP contribution in [0.2, 0.25) is 0 Å². The van der Waals surface area contributed by atoms with Crippen LogP contribution in [0.4, 0.5) is 35.1 Å². The second-order valence-electron chi connectivity index (χ2n) is 9.12. The van der Waals surface area contributed by atoms with Crippen molar-refractivity contribution in [3.8, 4) is 16.9 Å². The summed E-state index contributed by atoms with van der Waals surface area (Å²) >= 11 is 0. The van der Waals surface area contributed by atoms with Gasteiger partial charge < -0.3 is 4.74 Å². The lowest BCUT2D eigenvalue weighted by atomic mass is 9.73. The lowest BCUT2D eigenvalue weighted by Crippen LogP contribution is -2.25. The van der Waals surface area contributed by atoms with Crippen molar-refractivity contribution in [2.45, 2.75) is 38.2 Å². The van der Waals surface area contributed by atoms with E-state index in [4.69, 9.17) is 0 Å². The van der Waals surface area contributed by atoms with Crippen molar-refractivity contribution in [3.63, 3.8) is 0 Å². The van der Waals surface area contributed by atoms with Crippen molar-refractivity contribution in [2.24, 2.45) is 5.92 Å². The third-order valence-electron chi connectivity index (χ3n) is 6.39. The molecule has 0 heterocycles. The van der Waals surface area contributed by atoms with Crippen LogP contribution < -0.4 is 4.74 Å². The number of benzene rings is 3. The van der Waals surface area contributed by atoms with E-state index in [1.807, 2.05) is 19.1 Å². The molecule has 1 aliphatic carbocycles. The Morgan fingerprint density at radius 1 is 0.833 bits per heavy atom. The monoisotopic (exact) mass is 512 g/mol. The van der Waals surface area contributed by atoms with E-state index in [0.717, 1.165) is 12.8 Å². The Bertz CT molecular complexity index is 1300. The van der Waals surface area contributed by atoms with Gasteiger partial charge in [-0.2, -0.15) is 8.78 Å². The largest absolute Gasteiger partial charge is 0.432 e. The average molecular weight is 512 g/mol. The number of allylic oxidation sites excluding steroid dienone is 2. The Morgan fingerprint density at radius 3 is 1.97 bits per heavy atom. The molecule has 0 amide bonds. The molecule has 1 aliphatic rings. The Hall–Kier alpha value is -3.36. The summed E-state index contributed by atoms with van der Waals surface area (Å²) in [6.07, 6.45) is 0.978. The van der Waals surface area contributed by atoms with Crippen LogP contribution in [-0.4, -0.2) is 0 Å².